The van der Waals surface area contributed by atoms with Crippen LogP contribution in [0.4, 0.5) is 4.79 Å². The molecule has 0 radical (unpaired) electrons. The van der Waals surface area contributed by atoms with Crippen LogP contribution in [0.25, 0.3) is 0 Å². The van der Waals surface area contributed by atoms with Gasteiger partial charge in [0, 0.05) is 13.2 Å². The molecule has 11 nitrogen and oxygen atoms in total. The van der Waals surface area contributed by atoms with Crippen molar-refractivity contribution in [1.29, 1.82) is 0 Å². The third kappa shape index (κ3) is 10.3. The molecule has 38 heavy (non-hydrogen) atoms. The minimum atomic E-state index is -0.726. The molecule has 0 spiro atoms. The Morgan fingerprint density at radius 3 is 2.32 bits per heavy atom. The average Bonchev–Trinajstić information content (AvgIpc) is 2.87. The Bertz CT molecular complexity index is 1010. The van der Waals surface area contributed by atoms with Gasteiger partial charge in [0.2, 0.25) is 0 Å². The maximum atomic E-state index is 12.3. The highest BCUT2D eigenvalue weighted by Gasteiger charge is 2.22. The van der Waals surface area contributed by atoms with E-state index in [1.54, 1.807) is 71.4 Å². The van der Waals surface area contributed by atoms with Gasteiger partial charge < -0.3 is 49.3 Å². The second kappa shape index (κ2) is 15.4. The fourth-order valence-electron chi connectivity index (χ4n) is 3.32. The molecule has 0 heterocycles. The quantitative estimate of drug-likeness (QED) is 0.228. The van der Waals surface area contributed by atoms with E-state index in [0.29, 0.717) is 41.8 Å². The Labute approximate surface area is 224 Å². The first-order valence-corrected chi connectivity index (χ1v) is 12.1. The predicted octanol–water partition coefficient (Wildman–Crippen LogP) is 3.69. The molecule has 0 aliphatic rings. The van der Waals surface area contributed by atoms with Gasteiger partial charge in [-0.05, 0) is 56.2 Å². The van der Waals surface area contributed by atoms with Crippen LogP contribution in [-0.2, 0) is 18.9 Å². The maximum Gasteiger partial charge on any atom is 0.408 e. The Kier molecular flexibility index (Phi) is 12.6. The summed E-state index contributed by atoms with van der Waals surface area (Å²) in [7, 11) is 4.66. The van der Waals surface area contributed by atoms with Gasteiger partial charge in [0.15, 0.2) is 11.5 Å². The number of hydrogen-bond acceptors (Lipinski definition) is 10. The first-order chi connectivity index (χ1) is 18.1. The Morgan fingerprint density at radius 2 is 1.68 bits per heavy atom. The second-order valence-electron chi connectivity index (χ2n) is 9.33. The highest BCUT2D eigenvalue weighted by Crippen LogP contribution is 2.36. The zero-order valence-electron chi connectivity index (χ0n) is 22.9. The van der Waals surface area contributed by atoms with Gasteiger partial charge in [-0.3, -0.25) is 0 Å². The van der Waals surface area contributed by atoms with E-state index in [9.17, 15) is 9.90 Å². The molecular formula is C27H40N2O9. The van der Waals surface area contributed by atoms with Crippen molar-refractivity contribution in [3.63, 3.8) is 0 Å². The topological polar surface area (TPSA) is 140 Å². The maximum absolute atomic E-state index is 12.3. The summed E-state index contributed by atoms with van der Waals surface area (Å²) in [5.41, 5.74) is 6.97. The summed E-state index contributed by atoms with van der Waals surface area (Å²) < 4.78 is 38.1. The van der Waals surface area contributed by atoms with Crippen molar-refractivity contribution in [2.24, 2.45) is 5.73 Å². The molecule has 1 amide bonds. The van der Waals surface area contributed by atoms with Crippen LogP contribution < -0.4 is 25.3 Å². The molecule has 0 unspecified atom stereocenters. The van der Waals surface area contributed by atoms with Gasteiger partial charge in [-0.2, -0.15) is 0 Å². The van der Waals surface area contributed by atoms with Crippen LogP contribution in [0.1, 0.15) is 44.0 Å². The van der Waals surface area contributed by atoms with Gasteiger partial charge in [-0.25, -0.2) is 4.79 Å². The van der Waals surface area contributed by atoms with E-state index in [4.69, 9.17) is 38.9 Å². The summed E-state index contributed by atoms with van der Waals surface area (Å²) in [5, 5.41) is 12.6. The molecule has 2 atom stereocenters. The number of aliphatic hydroxyl groups is 1. The van der Waals surface area contributed by atoms with Crippen LogP contribution in [0.2, 0.25) is 0 Å². The lowest BCUT2D eigenvalue weighted by molar-refractivity contribution is -0.0690. The van der Waals surface area contributed by atoms with Crippen molar-refractivity contribution in [3.8, 4) is 23.0 Å². The first kappa shape index (κ1) is 31.1. The monoisotopic (exact) mass is 536 g/mol. The molecule has 2 aromatic carbocycles. The standard InChI is InChI=1S/C27H40N2O9/c1-27(2,3)38-26(31)29-23(15-30)18-7-8-24(34-6)25(13-18)37-21-12-19(11-20(14-21)33-5)22(28)16-36-17-35-10-9-32-4/h7-8,11-14,22-23,30H,9-10,15-17,28H2,1-6H3,(H,29,31)/t22-,23+/m1/s1. The fraction of sp³-hybridized carbons (Fsp3) is 0.519. The molecule has 2 aromatic rings. The molecule has 212 valence electrons. The summed E-state index contributed by atoms with van der Waals surface area (Å²) in [6.07, 6.45) is -0.646. The number of carbonyl (C=O) groups excluding carboxylic acids is 1. The molecule has 0 saturated carbocycles. The molecule has 0 saturated heterocycles. The summed E-state index contributed by atoms with van der Waals surface area (Å²) in [5.74, 6) is 1.81. The molecule has 0 aliphatic heterocycles. The van der Waals surface area contributed by atoms with Crippen LogP contribution >= 0.6 is 0 Å². The van der Waals surface area contributed by atoms with Crippen molar-refractivity contribution < 1.29 is 43.1 Å². The predicted molar refractivity (Wildman–Crippen MR) is 141 cm³/mol. The molecule has 0 fully saturated rings. The number of nitrogens with one attached hydrogen (secondary N) is 1. The van der Waals surface area contributed by atoms with Crippen molar-refractivity contribution in [3.05, 3.63) is 47.5 Å². The Morgan fingerprint density at radius 1 is 0.947 bits per heavy atom. The summed E-state index contributed by atoms with van der Waals surface area (Å²) in [6, 6.07) is 9.18. The highest BCUT2D eigenvalue weighted by molar-refractivity contribution is 5.68. The lowest BCUT2D eigenvalue weighted by atomic mass is 10.1. The van der Waals surface area contributed by atoms with Gasteiger partial charge >= 0.3 is 6.09 Å². The number of amides is 1. The Hall–Kier alpha value is -3.09. The molecule has 0 aliphatic carbocycles. The van der Waals surface area contributed by atoms with Gasteiger partial charge in [-0.15, -0.1) is 0 Å². The molecular weight excluding hydrogens is 496 g/mol. The van der Waals surface area contributed by atoms with Gasteiger partial charge in [0.1, 0.15) is 23.9 Å². The summed E-state index contributed by atoms with van der Waals surface area (Å²) in [4.78, 5) is 12.3. The van der Waals surface area contributed by atoms with E-state index in [1.165, 1.54) is 7.11 Å². The van der Waals surface area contributed by atoms with Crippen LogP contribution in [0.3, 0.4) is 0 Å². The molecule has 2 rings (SSSR count). The number of benzene rings is 2. The molecule has 0 aromatic heterocycles. The second-order valence-corrected chi connectivity index (χ2v) is 9.33. The lowest BCUT2D eigenvalue weighted by Crippen LogP contribution is -2.36. The number of ether oxygens (including phenoxy) is 7. The fourth-order valence-corrected chi connectivity index (χ4v) is 3.32. The first-order valence-electron chi connectivity index (χ1n) is 12.1. The van der Waals surface area contributed by atoms with Crippen LogP contribution in [-0.4, -0.2) is 71.4 Å². The number of alkyl carbamates (subject to hydrolysis) is 1. The molecule has 0 bridgehead atoms. The van der Waals surface area contributed by atoms with Crippen molar-refractivity contribution in [2.45, 2.75) is 38.5 Å². The van der Waals surface area contributed by atoms with Crippen LogP contribution in [0, 0.1) is 0 Å². The van der Waals surface area contributed by atoms with E-state index < -0.39 is 23.8 Å². The zero-order valence-corrected chi connectivity index (χ0v) is 22.9. The number of aliphatic hydroxyl groups excluding tert-OH is 1. The van der Waals surface area contributed by atoms with Gasteiger partial charge in [0.25, 0.3) is 0 Å². The third-order valence-corrected chi connectivity index (χ3v) is 5.15. The number of nitrogens with two attached hydrogens (primary N) is 1. The van der Waals surface area contributed by atoms with Crippen LogP contribution in [0.5, 0.6) is 23.0 Å². The van der Waals surface area contributed by atoms with Crippen LogP contribution in [0.15, 0.2) is 36.4 Å². The summed E-state index contributed by atoms with van der Waals surface area (Å²) in [6.45, 7) is 6.15. The lowest BCUT2D eigenvalue weighted by Gasteiger charge is -2.23. The average molecular weight is 537 g/mol. The van der Waals surface area contributed by atoms with E-state index in [1.807, 2.05) is 0 Å². The van der Waals surface area contributed by atoms with E-state index in [-0.39, 0.29) is 20.0 Å². The van der Waals surface area contributed by atoms with Crippen molar-refractivity contribution >= 4 is 6.09 Å². The smallest absolute Gasteiger partial charge is 0.408 e. The van der Waals surface area contributed by atoms with Crippen molar-refractivity contribution in [2.75, 3.05) is 54.5 Å². The van der Waals surface area contributed by atoms with E-state index >= 15 is 0 Å². The van der Waals surface area contributed by atoms with E-state index in [2.05, 4.69) is 5.32 Å². The molecule has 11 heteroatoms. The molecule has 4 N–H and O–H groups in total. The van der Waals surface area contributed by atoms with E-state index in [0.717, 1.165) is 5.56 Å². The zero-order chi connectivity index (χ0) is 28.1. The highest BCUT2D eigenvalue weighted by atomic mass is 16.7. The Balaban J connectivity index is 2.21. The number of carbonyl (C=O) groups is 1. The number of hydrogen-bond donors (Lipinski definition) is 3. The number of methoxy groups -OCH3 is 3. The normalized spacial score (nSPS) is 12.9. The van der Waals surface area contributed by atoms with Gasteiger partial charge in [0.05, 0.1) is 52.7 Å². The van der Waals surface area contributed by atoms with Gasteiger partial charge in [-0.1, -0.05) is 6.07 Å². The minimum absolute atomic E-state index is 0.0950. The largest absolute Gasteiger partial charge is 0.497 e. The third-order valence-electron chi connectivity index (χ3n) is 5.15. The number of rotatable bonds is 15. The minimum Gasteiger partial charge on any atom is -0.497 e. The SMILES string of the molecule is COCCOCOC[C@@H](N)c1cc(OC)cc(Oc2cc([C@H](CO)NC(=O)OC(C)(C)C)ccc2OC)c1. The summed E-state index contributed by atoms with van der Waals surface area (Å²) >= 11 is 0. The van der Waals surface area contributed by atoms with Crippen molar-refractivity contribution in [1.82, 2.24) is 5.32 Å².